The van der Waals surface area contributed by atoms with Crippen molar-refractivity contribution in [1.29, 1.82) is 0 Å². The zero-order valence-electron chi connectivity index (χ0n) is 37.8. The highest BCUT2D eigenvalue weighted by Gasteiger charge is 2.17. The molecule has 0 aliphatic carbocycles. The van der Waals surface area contributed by atoms with Gasteiger partial charge in [0.2, 0.25) is 5.91 Å². The third-order valence-electron chi connectivity index (χ3n) is 11.1. The van der Waals surface area contributed by atoms with Crippen molar-refractivity contribution >= 4 is 11.9 Å². The van der Waals surface area contributed by atoms with Crippen LogP contribution in [0.25, 0.3) is 0 Å². The van der Waals surface area contributed by atoms with Crippen LogP contribution in [0.2, 0.25) is 0 Å². The maximum atomic E-state index is 12.4. The lowest BCUT2D eigenvalue weighted by Crippen LogP contribution is -2.45. The van der Waals surface area contributed by atoms with Gasteiger partial charge in [0.25, 0.3) is 0 Å². The lowest BCUT2D eigenvalue weighted by molar-refractivity contribution is -0.143. The molecule has 0 aliphatic rings. The van der Waals surface area contributed by atoms with Crippen molar-refractivity contribution in [2.75, 3.05) is 13.2 Å². The number of amides is 1. The normalized spacial score (nSPS) is 13.0. The minimum Gasteiger partial charge on any atom is -0.466 e. The van der Waals surface area contributed by atoms with Crippen LogP contribution in [-0.2, 0) is 14.3 Å². The van der Waals surface area contributed by atoms with Gasteiger partial charge in [0, 0.05) is 12.8 Å². The van der Waals surface area contributed by atoms with E-state index >= 15 is 0 Å². The average Bonchev–Trinajstić information content (AvgIpc) is 3.21. The Morgan fingerprint density at radius 1 is 0.474 bits per heavy atom. The molecule has 0 bridgehead atoms. The number of unbranched alkanes of at least 4 members (excludes halogenated alkanes) is 30. The fourth-order valence-electron chi connectivity index (χ4n) is 7.26. The molecular weight excluding hydrogens is 707 g/mol. The Kier molecular flexibility index (Phi) is 45.2. The second kappa shape index (κ2) is 46.8. The second-order valence-electron chi connectivity index (χ2n) is 16.8. The number of rotatable bonds is 45. The quantitative estimate of drug-likeness (QED) is 0.0324. The molecule has 0 spiro atoms. The number of carbonyl (C=O) groups is 2. The van der Waals surface area contributed by atoms with Crippen LogP contribution in [-0.4, -0.2) is 47.4 Å². The molecule has 0 aromatic carbocycles. The fourth-order valence-corrected chi connectivity index (χ4v) is 7.26. The van der Waals surface area contributed by atoms with Crippen molar-refractivity contribution in [3.63, 3.8) is 0 Å². The van der Waals surface area contributed by atoms with Gasteiger partial charge in [-0.25, -0.2) is 0 Å². The predicted molar refractivity (Wildman–Crippen MR) is 246 cm³/mol. The van der Waals surface area contributed by atoms with Gasteiger partial charge in [-0.05, 0) is 70.6 Å². The number of nitrogens with one attached hydrogen (secondary N) is 1. The molecule has 334 valence electrons. The van der Waals surface area contributed by atoms with Crippen molar-refractivity contribution in [1.82, 2.24) is 5.32 Å². The number of carbonyl (C=O) groups excluding carboxylic acids is 2. The summed E-state index contributed by atoms with van der Waals surface area (Å²) >= 11 is 0. The number of ether oxygens (including phenoxy) is 1. The molecule has 6 heteroatoms. The zero-order chi connectivity index (χ0) is 41.5. The molecule has 0 aromatic heterocycles. The molecule has 0 aliphatic heterocycles. The number of aliphatic hydroxyl groups excluding tert-OH is 2. The Morgan fingerprint density at radius 3 is 1.33 bits per heavy atom. The van der Waals surface area contributed by atoms with Gasteiger partial charge in [-0.3, -0.25) is 9.59 Å². The summed E-state index contributed by atoms with van der Waals surface area (Å²) in [6.45, 7) is 4.76. The standard InChI is InChI=1S/C51H95NO5/c1-3-5-7-9-11-13-15-16-17-18-19-20-21-22-23-25-27-31-35-39-43-49(54)48(47-53)52-50(55)44-40-36-32-28-26-30-34-38-42-46-57-51(56)45-41-37-33-29-24-14-12-10-8-6-4-2/h10,12,28,32,39,43,48-49,53-54H,3-9,11,13-27,29-31,33-38,40-42,44-47H2,1-2H3,(H,52,55)/b12-10-,32-28-,43-39+. The summed E-state index contributed by atoms with van der Waals surface area (Å²) in [5.41, 5.74) is 0. The summed E-state index contributed by atoms with van der Waals surface area (Å²) in [7, 11) is 0. The molecule has 0 fully saturated rings. The topological polar surface area (TPSA) is 95.9 Å². The molecule has 0 heterocycles. The van der Waals surface area contributed by atoms with Gasteiger partial charge >= 0.3 is 5.97 Å². The summed E-state index contributed by atoms with van der Waals surface area (Å²) in [4.78, 5) is 24.4. The monoisotopic (exact) mass is 802 g/mol. The number of esters is 1. The van der Waals surface area contributed by atoms with Crippen molar-refractivity contribution in [3.05, 3.63) is 36.5 Å². The minimum atomic E-state index is -0.876. The summed E-state index contributed by atoms with van der Waals surface area (Å²) in [5, 5.41) is 23.0. The third-order valence-corrected chi connectivity index (χ3v) is 11.1. The van der Waals surface area contributed by atoms with Gasteiger partial charge in [0.1, 0.15) is 0 Å². The Balaban J connectivity index is 3.60. The smallest absolute Gasteiger partial charge is 0.305 e. The van der Waals surface area contributed by atoms with Crippen LogP contribution in [0.1, 0.15) is 251 Å². The number of allylic oxidation sites excluding steroid dienone is 5. The van der Waals surface area contributed by atoms with E-state index in [1.54, 1.807) is 6.08 Å². The molecule has 0 aromatic rings. The molecule has 0 radical (unpaired) electrons. The fraction of sp³-hybridized carbons (Fsp3) is 0.843. The molecular formula is C51H95NO5. The van der Waals surface area contributed by atoms with E-state index < -0.39 is 12.1 Å². The van der Waals surface area contributed by atoms with E-state index in [1.165, 1.54) is 154 Å². The molecule has 2 atom stereocenters. The Bertz CT molecular complexity index is 931. The van der Waals surface area contributed by atoms with Gasteiger partial charge in [-0.2, -0.15) is 0 Å². The van der Waals surface area contributed by atoms with Crippen molar-refractivity contribution in [3.8, 4) is 0 Å². The first-order chi connectivity index (χ1) is 28.0. The van der Waals surface area contributed by atoms with Crippen LogP contribution in [0.4, 0.5) is 0 Å². The summed E-state index contributed by atoms with van der Waals surface area (Å²) < 4.78 is 5.41. The zero-order valence-corrected chi connectivity index (χ0v) is 37.8. The first-order valence-electron chi connectivity index (χ1n) is 24.8. The molecule has 0 saturated heterocycles. The van der Waals surface area contributed by atoms with E-state index in [-0.39, 0.29) is 18.5 Å². The highest BCUT2D eigenvalue weighted by molar-refractivity contribution is 5.76. The lowest BCUT2D eigenvalue weighted by atomic mass is 10.0. The second-order valence-corrected chi connectivity index (χ2v) is 16.8. The Hall–Kier alpha value is -1.92. The van der Waals surface area contributed by atoms with Gasteiger partial charge in [-0.15, -0.1) is 0 Å². The van der Waals surface area contributed by atoms with E-state index in [0.29, 0.717) is 19.4 Å². The van der Waals surface area contributed by atoms with E-state index in [2.05, 4.69) is 43.5 Å². The SMILES string of the molecule is CCCC/C=C\CCCCCCCC(=O)OCCCCCC/C=C\CCCC(=O)NC(CO)C(O)/C=C/CCCCCCCCCCCCCCCCCCCC. The maximum Gasteiger partial charge on any atom is 0.305 e. The Morgan fingerprint density at radius 2 is 0.860 bits per heavy atom. The first-order valence-corrected chi connectivity index (χ1v) is 24.8. The van der Waals surface area contributed by atoms with E-state index in [4.69, 9.17) is 4.74 Å². The van der Waals surface area contributed by atoms with Crippen LogP contribution in [0.15, 0.2) is 36.5 Å². The maximum absolute atomic E-state index is 12.4. The highest BCUT2D eigenvalue weighted by Crippen LogP contribution is 2.15. The summed E-state index contributed by atoms with van der Waals surface area (Å²) in [6.07, 6.45) is 55.8. The van der Waals surface area contributed by atoms with Gasteiger partial charge in [0.15, 0.2) is 0 Å². The minimum absolute atomic E-state index is 0.0495. The van der Waals surface area contributed by atoms with Crippen molar-refractivity contribution in [2.24, 2.45) is 0 Å². The van der Waals surface area contributed by atoms with Gasteiger partial charge in [-0.1, -0.05) is 204 Å². The third kappa shape index (κ3) is 43.5. The summed E-state index contributed by atoms with van der Waals surface area (Å²) in [5.74, 6) is -0.178. The number of aliphatic hydroxyl groups is 2. The highest BCUT2D eigenvalue weighted by atomic mass is 16.5. The molecule has 2 unspecified atom stereocenters. The van der Waals surface area contributed by atoms with Gasteiger partial charge in [0.05, 0.1) is 25.4 Å². The van der Waals surface area contributed by atoms with Crippen LogP contribution in [0.5, 0.6) is 0 Å². The van der Waals surface area contributed by atoms with Gasteiger partial charge < -0.3 is 20.3 Å². The number of hydrogen-bond donors (Lipinski definition) is 3. The molecule has 1 amide bonds. The first kappa shape index (κ1) is 55.1. The Labute approximate surface area is 353 Å². The van der Waals surface area contributed by atoms with E-state index in [1.807, 2.05) is 6.08 Å². The average molecular weight is 802 g/mol. The molecule has 3 N–H and O–H groups in total. The van der Waals surface area contributed by atoms with Crippen molar-refractivity contribution < 1.29 is 24.5 Å². The van der Waals surface area contributed by atoms with E-state index in [0.717, 1.165) is 70.6 Å². The molecule has 0 rings (SSSR count). The molecule has 57 heavy (non-hydrogen) atoms. The van der Waals surface area contributed by atoms with Crippen LogP contribution >= 0.6 is 0 Å². The van der Waals surface area contributed by atoms with Crippen molar-refractivity contribution in [2.45, 2.75) is 264 Å². The largest absolute Gasteiger partial charge is 0.466 e. The lowest BCUT2D eigenvalue weighted by Gasteiger charge is -2.19. The van der Waals surface area contributed by atoms with Crippen LogP contribution in [0, 0.1) is 0 Å². The van der Waals surface area contributed by atoms with Crippen LogP contribution < -0.4 is 5.32 Å². The van der Waals surface area contributed by atoms with Crippen LogP contribution in [0.3, 0.4) is 0 Å². The summed E-state index contributed by atoms with van der Waals surface area (Å²) in [6, 6.07) is -0.666. The molecule has 6 nitrogen and oxygen atoms in total. The number of hydrogen-bond acceptors (Lipinski definition) is 5. The molecule has 0 saturated carbocycles. The van der Waals surface area contributed by atoms with E-state index in [9.17, 15) is 19.8 Å². The predicted octanol–water partition coefficient (Wildman–Crippen LogP) is 14.5.